The number of hydrogen-bond acceptors (Lipinski definition) is 5. The number of benzene rings is 1. The SMILES string of the molecule is CNS(=O)(=O)C1CCN(Cc2nnc(-c3ccc(Cl)cc3)n2C)CC1. The first-order chi connectivity index (χ1) is 11.9. The molecule has 1 aromatic carbocycles. The fourth-order valence-corrected chi connectivity index (χ4v) is 4.38. The summed E-state index contributed by atoms with van der Waals surface area (Å²) in [4.78, 5) is 2.22. The Labute approximate surface area is 153 Å². The third-order valence-corrected chi connectivity index (χ3v) is 6.86. The molecular formula is C16H22ClN5O2S. The Kier molecular flexibility index (Phi) is 5.43. The Bertz CT molecular complexity index is 827. The van der Waals surface area contributed by atoms with Gasteiger partial charge >= 0.3 is 0 Å². The highest BCUT2D eigenvalue weighted by Gasteiger charge is 2.29. The van der Waals surface area contributed by atoms with Crippen LogP contribution in [0.5, 0.6) is 0 Å². The van der Waals surface area contributed by atoms with Crippen molar-refractivity contribution < 1.29 is 8.42 Å². The molecule has 0 atom stereocenters. The molecule has 1 fully saturated rings. The maximum absolute atomic E-state index is 11.9. The van der Waals surface area contributed by atoms with E-state index in [-0.39, 0.29) is 5.25 Å². The summed E-state index contributed by atoms with van der Waals surface area (Å²) in [6, 6.07) is 7.50. The average Bonchev–Trinajstić information content (AvgIpc) is 2.97. The maximum Gasteiger partial charge on any atom is 0.214 e. The molecular weight excluding hydrogens is 362 g/mol. The lowest BCUT2D eigenvalue weighted by molar-refractivity contribution is 0.214. The van der Waals surface area contributed by atoms with Crippen LogP contribution in [0, 0.1) is 0 Å². The molecule has 0 bridgehead atoms. The molecule has 7 nitrogen and oxygen atoms in total. The van der Waals surface area contributed by atoms with Crippen molar-refractivity contribution in [2.24, 2.45) is 7.05 Å². The van der Waals surface area contributed by atoms with E-state index in [2.05, 4.69) is 19.8 Å². The number of sulfonamides is 1. The molecule has 2 aromatic rings. The van der Waals surface area contributed by atoms with Gasteiger partial charge in [-0.2, -0.15) is 0 Å². The van der Waals surface area contributed by atoms with Gasteiger partial charge in [0.25, 0.3) is 0 Å². The maximum atomic E-state index is 11.9. The minimum atomic E-state index is -3.18. The van der Waals surface area contributed by atoms with Crippen LogP contribution in [0.25, 0.3) is 11.4 Å². The Morgan fingerprint density at radius 2 is 1.84 bits per heavy atom. The van der Waals surface area contributed by atoms with E-state index in [9.17, 15) is 8.42 Å². The van der Waals surface area contributed by atoms with Gasteiger partial charge in [0.2, 0.25) is 10.0 Å². The van der Waals surface area contributed by atoms with Crippen molar-refractivity contribution in [3.8, 4) is 11.4 Å². The van der Waals surface area contributed by atoms with Crippen LogP contribution >= 0.6 is 11.6 Å². The molecule has 0 radical (unpaired) electrons. The van der Waals surface area contributed by atoms with E-state index < -0.39 is 10.0 Å². The normalized spacial score (nSPS) is 17.1. The number of rotatable bonds is 5. The van der Waals surface area contributed by atoms with Gasteiger partial charge in [-0.15, -0.1) is 10.2 Å². The largest absolute Gasteiger partial charge is 0.313 e. The number of likely N-dealkylation sites (tertiary alicyclic amines) is 1. The van der Waals surface area contributed by atoms with Crippen LogP contribution in [-0.4, -0.2) is 53.5 Å². The third-order valence-electron chi connectivity index (χ3n) is 4.69. The Hall–Kier alpha value is -1.48. The summed E-state index contributed by atoms with van der Waals surface area (Å²) in [7, 11) is 0.232. The monoisotopic (exact) mass is 383 g/mol. The van der Waals surface area contributed by atoms with Gasteiger partial charge in [0.1, 0.15) is 5.82 Å². The molecule has 1 saturated heterocycles. The molecule has 3 rings (SSSR count). The number of nitrogens with zero attached hydrogens (tertiary/aromatic N) is 4. The summed E-state index contributed by atoms with van der Waals surface area (Å²) in [5, 5.41) is 8.96. The molecule has 1 N–H and O–H groups in total. The molecule has 25 heavy (non-hydrogen) atoms. The topological polar surface area (TPSA) is 80.1 Å². The Balaban J connectivity index is 1.66. The zero-order chi connectivity index (χ0) is 18.0. The summed E-state index contributed by atoms with van der Waals surface area (Å²) in [5.74, 6) is 1.65. The molecule has 0 saturated carbocycles. The summed E-state index contributed by atoms with van der Waals surface area (Å²) in [6.45, 7) is 2.12. The van der Waals surface area contributed by atoms with E-state index in [1.807, 2.05) is 35.9 Å². The second kappa shape index (κ2) is 7.41. The molecule has 0 spiro atoms. The van der Waals surface area contributed by atoms with E-state index in [0.717, 1.165) is 30.3 Å². The predicted octanol–water partition coefficient (Wildman–Crippen LogP) is 1.65. The lowest BCUT2D eigenvalue weighted by Gasteiger charge is -2.30. The molecule has 136 valence electrons. The molecule has 1 aliphatic heterocycles. The quantitative estimate of drug-likeness (QED) is 0.849. The van der Waals surface area contributed by atoms with Crippen molar-refractivity contribution in [3.63, 3.8) is 0 Å². The van der Waals surface area contributed by atoms with E-state index in [1.54, 1.807) is 0 Å². The fourth-order valence-electron chi connectivity index (χ4n) is 3.09. The van der Waals surface area contributed by atoms with Crippen molar-refractivity contribution in [2.45, 2.75) is 24.6 Å². The van der Waals surface area contributed by atoms with Gasteiger partial charge in [-0.25, -0.2) is 13.1 Å². The number of nitrogens with one attached hydrogen (secondary N) is 1. The van der Waals surface area contributed by atoms with Crippen LogP contribution in [0.4, 0.5) is 0 Å². The zero-order valence-corrected chi connectivity index (χ0v) is 15.9. The highest BCUT2D eigenvalue weighted by molar-refractivity contribution is 7.90. The van der Waals surface area contributed by atoms with Crippen LogP contribution in [0.1, 0.15) is 18.7 Å². The van der Waals surface area contributed by atoms with Crippen LogP contribution in [0.3, 0.4) is 0 Å². The molecule has 0 aliphatic carbocycles. The Morgan fingerprint density at radius 1 is 1.20 bits per heavy atom. The summed E-state index contributed by atoms with van der Waals surface area (Å²) < 4.78 is 28.2. The van der Waals surface area contributed by atoms with Gasteiger partial charge in [-0.3, -0.25) is 4.90 Å². The van der Waals surface area contributed by atoms with Crippen molar-refractivity contribution in [1.29, 1.82) is 0 Å². The van der Waals surface area contributed by atoms with Crippen LogP contribution < -0.4 is 4.72 Å². The molecule has 2 heterocycles. The molecule has 1 aliphatic rings. The first kappa shape index (κ1) is 18.3. The fraction of sp³-hybridized carbons (Fsp3) is 0.500. The van der Waals surface area contributed by atoms with E-state index in [0.29, 0.717) is 24.4 Å². The van der Waals surface area contributed by atoms with E-state index in [1.165, 1.54) is 7.05 Å². The number of halogens is 1. The standard InChI is InChI=1S/C16H22ClN5O2S/c1-18-25(23,24)14-7-9-22(10-8-14)11-15-19-20-16(21(15)2)12-3-5-13(17)6-4-12/h3-6,14,18H,7-11H2,1-2H3. The predicted molar refractivity (Wildman–Crippen MR) is 97.7 cm³/mol. The summed E-state index contributed by atoms with van der Waals surface area (Å²) in [5.41, 5.74) is 0.962. The van der Waals surface area contributed by atoms with Crippen molar-refractivity contribution in [2.75, 3.05) is 20.1 Å². The van der Waals surface area contributed by atoms with E-state index >= 15 is 0 Å². The Morgan fingerprint density at radius 3 is 2.44 bits per heavy atom. The minimum Gasteiger partial charge on any atom is -0.313 e. The van der Waals surface area contributed by atoms with Gasteiger partial charge in [-0.1, -0.05) is 11.6 Å². The van der Waals surface area contributed by atoms with Gasteiger partial charge in [0.15, 0.2) is 5.82 Å². The van der Waals surface area contributed by atoms with Crippen molar-refractivity contribution >= 4 is 21.6 Å². The molecule has 1 aromatic heterocycles. The van der Waals surface area contributed by atoms with Gasteiger partial charge in [0.05, 0.1) is 11.8 Å². The lowest BCUT2D eigenvalue weighted by atomic mass is 10.1. The van der Waals surface area contributed by atoms with Crippen LogP contribution in [-0.2, 0) is 23.6 Å². The second-order valence-corrected chi connectivity index (χ2v) is 8.83. The second-order valence-electron chi connectivity index (χ2n) is 6.23. The van der Waals surface area contributed by atoms with Crippen LogP contribution in [0.15, 0.2) is 24.3 Å². The smallest absolute Gasteiger partial charge is 0.214 e. The minimum absolute atomic E-state index is 0.308. The highest BCUT2D eigenvalue weighted by Crippen LogP contribution is 2.22. The number of aromatic nitrogens is 3. The first-order valence-electron chi connectivity index (χ1n) is 8.19. The highest BCUT2D eigenvalue weighted by atomic mass is 35.5. The van der Waals surface area contributed by atoms with Crippen LogP contribution in [0.2, 0.25) is 5.02 Å². The van der Waals surface area contributed by atoms with Crippen molar-refractivity contribution in [3.05, 3.63) is 35.1 Å². The van der Waals surface area contributed by atoms with E-state index in [4.69, 9.17) is 11.6 Å². The zero-order valence-electron chi connectivity index (χ0n) is 14.3. The van der Waals surface area contributed by atoms with Gasteiger partial charge in [-0.05, 0) is 57.2 Å². The first-order valence-corrected chi connectivity index (χ1v) is 10.1. The number of hydrogen-bond donors (Lipinski definition) is 1. The van der Waals surface area contributed by atoms with Gasteiger partial charge in [0, 0.05) is 17.6 Å². The molecule has 0 unspecified atom stereocenters. The molecule has 9 heteroatoms. The lowest BCUT2D eigenvalue weighted by Crippen LogP contribution is -2.42. The van der Waals surface area contributed by atoms with Crippen molar-refractivity contribution in [1.82, 2.24) is 24.4 Å². The summed E-state index contributed by atoms with van der Waals surface area (Å²) in [6.07, 6.45) is 1.26. The number of piperidine rings is 1. The molecule has 0 amide bonds. The summed E-state index contributed by atoms with van der Waals surface area (Å²) >= 11 is 5.93. The average molecular weight is 384 g/mol. The third kappa shape index (κ3) is 4.03. The van der Waals surface area contributed by atoms with Gasteiger partial charge < -0.3 is 4.57 Å².